The summed E-state index contributed by atoms with van der Waals surface area (Å²) < 4.78 is 25.3. The summed E-state index contributed by atoms with van der Waals surface area (Å²) in [4.78, 5) is 20.9. The zero-order valence-corrected chi connectivity index (χ0v) is 17.8. The number of nitrogen functional groups attached to an aromatic ring is 1. The van der Waals surface area contributed by atoms with E-state index in [9.17, 15) is 18.3 Å². The van der Waals surface area contributed by atoms with Gasteiger partial charge in [0, 0.05) is 35.8 Å². The number of hydrogen-bond donors (Lipinski definition) is 2. The van der Waals surface area contributed by atoms with E-state index in [1.165, 1.54) is 29.5 Å². The number of sulfone groups is 1. The molecule has 0 aliphatic carbocycles. The Hall–Kier alpha value is -3.63. The molecule has 0 fully saturated rings. The molecule has 2 unspecified atom stereocenters. The van der Waals surface area contributed by atoms with E-state index in [1.54, 1.807) is 48.7 Å². The van der Waals surface area contributed by atoms with Gasteiger partial charge in [-0.3, -0.25) is 4.79 Å². The molecule has 32 heavy (non-hydrogen) atoms. The van der Waals surface area contributed by atoms with Gasteiger partial charge in [0.15, 0.2) is 9.84 Å². The molecule has 10 heteroatoms. The molecule has 3 N–H and O–H groups in total. The zero-order valence-electron chi connectivity index (χ0n) is 16.9. The van der Waals surface area contributed by atoms with Gasteiger partial charge in [0.25, 0.3) is 5.91 Å². The number of aliphatic hydroxyl groups is 1. The van der Waals surface area contributed by atoms with Crippen LogP contribution in [0.3, 0.4) is 0 Å². The summed E-state index contributed by atoms with van der Waals surface area (Å²) in [6.07, 6.45) is 4.57. The molecular formula is C22H21N5O4S. The average Bonchev–Trinajstić information content (AvgIpc) is 3.24. The van der Waals surface area contributed by atoms with E-state index in [1.807, 2.05) is 0 Å². The van der Waals surface area contributed by atoms with Crippen molar-refractivity contribution in [1.82, 2.24) is 15.0 Å². The SMILES string of the molecule is Nc1ccc(C(=O)N2N=CC(c3ccc(S(=O)(=O)Cc4ncccn4)cc3)C2CO)cc1. The quantitative estimate of drug-likeness (QED) is 0.543. The molecule has 1 aliphatic rings. The van der Waals surface area contributed by atoms with Crippen molar-refractivity contribution in [3.05, 3.63) is 83.9 Å². The highest BCUT2D eigenvalue weighted by molar-refractivity contribution is 7.90. The third-order valence-corrected chi connectivity index (χ3v) is 6.82. The minimum absolute atomic E-state index is 0.138. The Morgan fingerprint density at radius 3 is 2.31 bits per heavy atom. The second-order valence-electron chi connectivity index (χ2n) is 7.31. The van der Waals surface area contributed by atoms with Crippen molar-refractivity contribution in [2.24, 2.45) is 5.10 Å². The van der Waals surface area contributed by atoms with Gasteiger partial charge in [-0.15, -0.1) is 0 Å². The van der Waals surface area contributed by atoms with E-state index in [2.05, 4.69) is 15.1 Å². The van der Waals surface area contributed by atoms with Crippen molar-refractivity contribution in [1.29, 1.82) is 0 Å². The number of hydrazone groups is 1. The summed E-state index contributed by atoms with van der Waals surface area (Å²) in [6, 6.07) is 13.8. The fourth-order valence-electron chi connectivity index (χ4n) is 3.50. The van der Waals surface area contributed by atoms with Crippen molar-refractivity contribution >= 4 is 27.6 Å². The van der Waals surface area contributed by atoms with Crippen LogP contribution in [-0.4, -0.2) is 53.3 Å². The number of nitrogens with two attached hydrogens (primary N) is 1. The predicted octanol–water partition coefficient (Wildman–Crippen LogP) is 1.62. The smallest absolute Gasteiger partial charge is 0.274 e. The van der Waals surface area contributed by atoms with Crippen LogP contribution in [0, 0.1) is 0 Å². The summed E-state index contributed by atoms with van der Waals surface area (Å²) >= 11 is 0. The van der Waals surface area contributed by atoms with E-state index < -0.39 is 15.9 Å². The highest BCUT2D eigenvalue weighted by Gasteiger charge is 2.36. The first-order valence-corrected chi connectivity index (χ1v) is 11.5. The molecule has 0 radical (unpaired) electrons. The van der Waals surface area contributed by atoms with Gasteiger partial charge in [-0.2, -0.15) is 5.10 Å². The number of anilines is 1. The Kier molecular flexibility index (Phi) is 5.97. The third-order valence-electron chi connectivity index (χ3n) is 5.20. The second kappa shape index (κ2) is 8.85. The first kappa shape index (κ1) is 21.6. The molecule has 1 aliphatic heterocycles. The Balaban J connectivity index is 1.52. The molecule has 0 spiro atoms. The maximum absolute atomic E-state index is 12.8. The standard InChI is InChI=1S/C22H21N5O4S/c23-17-6-2-16(3-7-17)22(29)27-20(13-28)19(12-26-27)15-4-8-18(9-5-15)32(30,31)14-21-24-10-1-11-25-21/h1-12,19-20,28H,13-14,23H2. The highest BCUT2D eigenvalue weighted by Crippen LogP contribution is 2.30. The Morgan fingerprint density at radius 1 is 1.03 bits per heavy atom. The van der Waals surface area contributed by atoms with Crippen molar-refractivity contribution in [2.45, 2.75) is 22.6 Å². The molecule has 0 saturated carbocycles. The fourth-order valence-corrected chi connectivity index (χ4v) is 4.70. The number of nitrogens with zero attached hydrogens (tertiary/aromatic N) is 4. The molecule has 1 aromatic heterocycles. The lowest BCUT2D eigenvalue weighted by atomic mass is 9.93. The molecular weight excluding hydrogens is 430 g/mol. The number of carbonyl (C=O) groups excluding carboxylic acids is 1. The number of aliphatic hydroxyl groups excluding tert-OH is 1. The van der Waals surface area contributed by atoms with Crippen molar-refractivity contribution in [3.8, 4) is 0 Å². The Bertz CT molecular complexity index is 1230. The van der Waals surface area contributed by atoms with E-state index >= 15 is 0 Å². The summed E-state index contributed by atoms with van der Waals surface area (Å²) in [5, 5.41) is 15.4. The summed E-state index contributed by atoms with van der Waals surface area (Å²) in [5.74, 6) is -0.824. The Morgan fingerprint density at radius 2 is 1.69 bits per heavy atom. The molecule has 9 nitrogen and oxygen atoms in total. The van der Waals surface area contributed by atoms with Crippen LogP contribution in [0.1, 0.15) is 27.7 Å². The van der Waals surface area contributed by atoms with Crippen LogP contribution in [0.4, 0.5) is 5.69 Å². The monoisotopic (exact) mass is 451 g/mol. The second-order valence-corrected chi connectivity index (χ2v) is 9.29. The van der Waals surface area contributed by atoms with Gasteiger partial charge in [0.1, 0.15) is 11.6 Å². The van der Waals surface area contributed by atoms with Crippen LogP contribution in [0.2, 0.25) is 0 Å². The Labute approximate surface area is 185 Å². The third kappa shape index (κ3) is 4.36. The minimum Gasteiger partial charge on any atom is -0.399 e. The van der Waals surface area contributed by atoms with Gasteiger partial charge in [-0.05, 0) is 48.0 Å². The van der Waals surface area contributed by atoms with Gasteiger partial charge >= 0.3 is 0 Å². The first-order valence-electron chi connectivity index (χ1n) is 9.82. The average molecular weight is 452 g/mol. The molecule has 2 heterocycles. The molecule has 2 atom stereocenters. The van der Waals surface area contributed by atoms with Crippen LogP contribution in [-0.2, 0) is 15.6 Å². The zero-order chi connectivity index (χ0) is 22.7. The van der Waals surface area contributed by atoms with E-state index in [-0.39, 0.29) is 34.9 Å². The van der Waals surface area contributed by atoms with Gasteiger partial charge in [-0.1, -0.05) is 12.1 Å². The van der Waals surface area contributed by atoms with Crippen LogP contribution < -0.4 is 5.73 Å². The van der Waals surface area contributed by atoms with Crippen molar-refractivity contribution in [3.63, 3.8) is 0 Å². The van der Waals surface area contributed by atoms with E-state index in [4.69, 9.17) is 5.73 Å². The lowest BCUT2D eigenvalue weighted by Crippen LogP contribution is -2.38. The predicted molar refractivity (Wildman–Crippen MR) is 118 cm³/mol. The maximum atomic E-state index is 12.8. The molecule has 164 valence electrons. The minimum atomic E-state index is -3.62. The lowest BCUT2D eigenvalue weighted by molar-refractivity contribution is 0.0627. The highest BCUT2D eigenvalue weighted by atomic mass is 32.2. The summed E-state index contributed by atoms with van der Waals surface area (Å²) in [5.41, 5.74) is 7.35. The number of hydrogen-bond acceptors (Lipinski definition) is 8. The lowest BCUT2D eigenvalue weighted by Gasteiger charge is -2.24. The number of amides is 1. The molecule has 3 aromatic rings. The summed E-state index contributed by atoms with van der Waals surface area (Å²) in [7, 11) is -3.62. The molecule has 0 saturated heterocycles. The molecule has 2 aromatic carbocycles. The van der Waals surface area contributed by atoms with Crippen LogP contribution in [0.25, 0.3) is 0 Å². The number of benzene rings is 2. The molecule has 4 rings (SSSR count). The van der Waals surface area contributed by atoms with Crippen LogP contribution in [0.15, 0.2) is 77.0 Å². The van der Waals surface area contributed by atoms with Crippen LogP contribution >= 0.6 is 0 Å². The van der Waals surface area contributed by atoms with Crippen LogP contribution in [0.5, 0.6) is 0 Å². The number of aromatic nitrogens is 2. The van der Waals surface area contributed by atoms with E-state index in [0.717, 1.165) is 5.56 Å². The molecule has 0 bridgehead atoms. The van der Waals surface area contributed by atoms with Gasteiger partial charge in [0.2, 0.25) is 0 Å². The normalized spacial score (nSPS) is 18.1. The molecule has 1 amide bonds. The number of rotatable bonds is 6. The summed E-state index contributed by atoms with van der Waals surface area (Å²) in [6.45, 7) is -0.309. The fraction of sp³-hybridized carbons (Fsp3) is 0.182. The largest absolute Gasteiger partial charge is 0.399 e. The van der Waals surface area contributed by atoms with Crippen molar-refractivity contribution in [2.75, 3.05) is 12.3 Å². The van der Waals surface area contributed by atoms with Crippen molar-refractivity contribution < 1.29 is 18.3 Å². The maximum Gasteiger partial charge on any atom is 0.274 e. The first-order chi connectivity index (χ1) is 15.4. The number of carbonyl (C=O) groups is 1. The van der Waals surface area contributed by atoms with E-state index in [0.29, 0.717) is 11.3 Å². The van der Waals surface area contributed by atoms with Gasteiger partial charge < -0.3 is 10.8 Å². The van der Waals surface area contributed by atoms with Gasteiger partial charge in [0.05, 0.1) is 17.5 Å². The van der Waals surface area contributed by atoms with Gasteiger partial charge in [-0.25, -0.2) is 23.4 Å². The topological polar surface area (TPSA) is 139 Å².